The lowest BCUT2D eigenvalue weighted by Crippen LogP contribution is -2.51. The Morgan fingerprint density at radius 1 is 1.19 bits per heavy atom. The van der Waals surface area contributed by atoms with Gasteiger partial charge in [0.25, 0.3) is 5.91 Å². The molecule has 1 aliphatic rings. The molecule has 2 amide bonds. The lowest BCUT2D eigenvalue weighted by molar-refractivity contribution is 0.0192. The van der Waals surface area contributed by atoms with Gasteiger partial charge >= 0.3 is 6.09 Å². The van der Waals surface area contributed by atoms with E-state index >= 15 is 0 Å². The minimum Gasteiger partial charge on any atom is -0.444 e. The molecule has 1 fully saturated rings. The molecule has 31 heavy (non-hydrogen) atoms. The number of ether oxygens (including phenoxy) is 1. The van der Waals surface area contributed by atoms with Crippen molar-refractivity contribution in [1.82, 2.24) is 19.2 Å². The van der Waals surface area contributed by atoms with Crippen LogP contribution in [0.2, 0.25) is 5.02 Å². The van der Waals surface area contributed by atoms with Crippen LogP contribution in [0.15, 0.2) is 35.5 Å². The Kier molecular flexibility index (Phi) is 6.58. The highest BCUT2D eigenvalue weighted by atomic mass is 35.5. The zero-order valence-electron chi connectivity index (χ0n) is 17.4. The molecule has 0 radical (unpaired) electrons. The van der Waals surface area contributed by atoms with Crippen LogP contribution in [0.4, 0.5) is 10.7 Å². The van der Waals surface area contributed by atoms with E-state index < -0.39 is 27.6 Å². The lowest BCUT2D eigenvalue weighted by atomic mass is 10.2. The van der Waals surface area contributed by atoms with Crippen molar-refractivity contribution in [2.75, 3.05) is 31.5 Å². The quantitative estimate of drug-likeness (QED) is 0.708. The zero-order valence-corrected chi connectivity index (χ0v) is 19.0. The number of hydrogen-bond acceptors (Lipinski definition) is 6. The molecule has 2 aromatic rings. The second-order valence-electron chi connectivity index (χ2n) is 7.91. The third kappa shape index (κ3) is 5.54. The Morgan fingerprint density at radius 2 is 1.87 bits per heavy atom. The SMILES string of the molecule is CC(C)(C)OC(=O)N1CCN(S(=O)(=O)c2ccc(Cl)c(C(=O)Nc3ncc[nH]3)c2)CC1. The number of halogens is 1. The Labute approximate surface area is 185 Å². The van der Waals surface area contributed by atoms with Crippen LogP contribution < -0.4 is 5.32 Å². The maximum atomic E-state index is 13.1. The summed E-state index contributed by atoms with van der Waals surface area (Å²) in [5.41, 5.74) is -0.623. The molecule has 168 valence electrons. The number of aromatic amines is 1. The zero-order chi connectivity index (χ0) is 22.8. The lowest BCUT2D eigenvalue weighted by Gasteiger charge is -2.35. The summed E-state index contributed by atoms with van der Waals surface area (Å²) in [6.45, 7) is 5.93. The standard InChI is InChI=1S/C19H24ClN5O5S/c1-19(2,3)30-18(27)24-8-10-25(11-9-24)31(28,29)13-4-5-15(20)14(12-13)16(26)23-17-21-6-7-22-17/h4-7,12H,8-11H2,1-3H3,(H2,21,22,23,26). The number of nitrogens with one attached hydrogen (secondary N) is 2. The number of carbonyl (C=O) groups excluding carboxylic acids is 2. The van der Waals surface area contributed by atoms with Crippen molar-refractivity contribution in [3.63, 3.8) is 0 Å². The van der Waals surface area contributed by atoms with Crippen molar-refractivity contribution >= 4 is 39.6 Å². The second kappa shape index (κ2) is 8.85. The van der Waals surface area contributed by atoms with Crippen molar-refractivity contribution in [1.29, 1.82) is 0 Å². The highest BCUT2D eigenvalue weighted by Gasteiger charge is 2.32. The summed E-state index contributed by atoms with van der Waals surface area (Å²) in [6, 6.07) is 3.94. The van der Waals surface area contributed by atoms with E-state index in [0.717, 1.165) is 0 Å². The first-order valence-electron chi connectivity index (χ1n) is 9.56. The minimum atomic E-state index is -3.89. The Balaban J connectivity index is 1.72. The number of sulfonamides is 1. The molecule has 10 nitrogen and oxygen atoms in total. The first-order valence-corrected chi connectivity index (χ1v) is 11.4. The van der Waals surface area contributed by atoms with Gasteiger partial charge in [0.1, 0.15) is 5.60 Å². The van der Waals surface area contributed by atoms with Crippen LogP contribution in [0.25, 0.3) is 0 Å². The number of benzene rings is 1. The van der Waals surface area contributed by atoms with E-state index in [-0.39, 0.29) is 47.6 Å². The topological polar surface area (TPSA) is 125 Å². The maximum absolute atomic E-state index is 13.1. The van der Waals surface area contributed by atoms with Crippen LogP contribution >= 0.6 is 11.6 Å². The molecule has 12 heteroatoms. The van der Waals surface area contributed by atoms with E-state index in [1.54, 1.807) is 20.8 Å². The average Bonchev–Trinajstić information content (AvgIpc) is 3.20. The molecule has 0 aliphatic carbocycles. The molecule has 1 aliphatic heterocycles. The normalized spacial score (nSPS) is 15.5. The van der Waals surface area contributed by atoms with Gasteiger partial charge in [-0.15, -0.1) is 0 Å². The summed E-state index contributed by atoms with van der Waals surface area (Å²) < 4.78 is 32.8. The number of aromatic nitrogens is 2. The summed E-state index contributed by atoms with van der Waals surface area (Å²) in [5, 5.41) is 2.63. The van der Waals surface area contributed by atoms with Crippen molar-refractivity contribution in [2.45, 2.75) is 31.3 Å². The van der Waals surface area contributed by atoms with Crippen molar-refractivity contribution < 1.29 is 22.7 Å². The van der Waals surface area contributed by atoms with Gasteiger partial charge in [-0.25, -0.2) is 18.2 Å². The molecule has 0 spiro atoms. The summed E-state index contributed by atoms with van der Waals surface area (Å²) in [7, 11) is -3.89. The fraction of sp³-hybridized carbons (Fsp3) is 0.421. The van der Waals surface area contributed by atoms with Gasteiger partial charge in [-0.2, -0.15) is 4.31 Å². The fourth-order valence-electron chi connectivity index (χ4n) is 2.93. The average molecular weight is 470 g/mol. The molecule has 2 heterocycles. The van der Waals surface area contributed by atoms with Gasteiger partial charge in [-0.1, -0.05) is 11.6 Å². The summed E-state index contributed by atoms with van der Waals surface area (Å²) in [5.74, 6) is -0.376. The van der Waals surface area contributed by atoms with Gasteiger partial charge in [-0.3, -0.25) is 10.1 Å². The van der Waals surface area contributed by atoms with Gasteiger partial charge < -0.3 is 14.6 Å². The molecular weight excluding hydrogens is 446 g/mol. The highest BCUT2D eigenvalue weighted by Crippen LogP contribution is 2.25. The van der Waals surface area contributed by atoms with E-state index in [4.69, 9.17) is 16.3 Å². The maximum Gasteiger partial charge on any atom is 0.410 e. The van der Waals surface area contributed by atoms with E-state index in [1.165, 1.54) is 39.8 Å². The molecule has 0 bridgehead atoms. The number of piperazine rings is 1. The van der Waals surface area contributed by atoms with E-state index in [9.17, 15) is 18.0 Å². The smallest absolute Gasteiger partial charge is 0.410 e. The number of imidazole rings is 1. The fourth-order valence-corrected chi connectivity index (χ4v) is 4.59. The van der Waals surface area contributed by atoms with Crippen molar-refractivity contribution in [3.05, 3.63) is 41.2 Å². The van der Waals surface area contributed by atoms with Gasteiger partial charge in [0.15, 0.2) is 0 Å². The van der Waals surface area contributed by atoms with Crippen LogP contribution in [0, 0.1) is 0 Å². The summed E-state index contributed by atoms with van der Waals surface area (Å²) in [4.78, 5) is 32.7. The first-order chi connectivity index (χ1) is 14.5. The summed E-state index contributed by atoms with van der Waals surface area (Å²) >= 11 is 6.12. The number of carbonyl (C=O) groups is 2. The number of rotatable bonds is 4. The highest BCUT2D eigenvalue weighted by molar-refractivity contribution is 7.89. The molecule has 1 aromatic carbocycles. The first kappa shape index (κ1) is 23.0. The summed E-state index contributed by atoms with van der Waals surface area (Å²) in [6.07, 6.45) is 2.53. The molecule has 3 rings (SSSR count). The Bertz CT molecular complexity index is 1060. The molecule has 0 unspecified atom stereocenters. The largest absolute Gasteiger partial charge is 0.444 e. The monoisotopic (exact) mass is 469 g/mol. The van der Waals surface area contributed by atoms with Crippen LogP contribution in [-0.2, 0) is 14.8 Å². The Morgan fingerprint density at radius 3 is 2.45 bits per heavy atom. The molecule has 2 N–H and O–H groups in total. The van der Waals surface area contributed by atoms with Crippen LogP contribution in [0.1, 0.15) is 31.1 Å². The third-order valence-electron chi connectivity index (χ3n) is 4.44. The second-order valence-corrected chi connectivity index (χ2v) is 10.3. The number of nitrogens with zero attached hydrogens (tertiary/aromatic N) is 3. The van der Waals surface area contributed by atoms with Gasteiger partial charge in [0, 0.05) is 38.6 Å². The van der Waals surface area contributed by atoms with E-state index in [2.05, 4.69) is 15.3 Å². The van der Waals surface area contributed by atoms with Crippen LogP contribution in [0.3, 0.4) is 0 Å². The number of hydrogen-bond donors (Lipinski definition) is 2. The van der Waals surface area contributed by atoms with Gasteiger partial charge in [-0.05, 0) is 39.0 Å². The Hall–Kier alpha value is -2.63. The number of H-pyrrole nitrogens is 1. The number of anilines is 1. The molecule has 0 atom stereocenters. The predicted octanol–water partition coefficient (Wildman–Crippen LogP) is 2.56. The third-order valence-corrected chi connectivity index (χ3v) is 6.66. The minimum absolute atomic E-state index is 0.00605. The van der Waals surface area contributed by atoms with E-state index in [0.29, 0.717) is 0 Å². The van der Waals surface area contributed by atoms with Gasteiger partial charge in [0.2, 0.25) is 16.0 Å². The van der Waals surface area contributed by atoms with E-state index in [1.807, 2.05) is 0 Å². The predicted molar refractivity (Wildman–Crippen MR) is 115 cm³/mol. The molecule has 1 aromatic heterocycles. The number of amides is 2. The molecule has 0 saturated carbocycles. The molecular formula is C19H24ClN5O5S. The van der Waals surface area contributed by atoms with Crippen molar-refractivity contribution in [3.8, 4) is 0 Å². The van der Waals surface area contributed by atoms with Gasteiger partial charge in [0.05, 0.1) is 15.5 Å². The van der Waals surface area contributed by atoms with Crippen molar-refractivity contribution in [2.24, 2.45) is 0 Å². The molecule has 1 saturated heterocycles. The van der Waals surface area contributed by atoms with Crippen LogP contribution in [-0.4, -0.2) is 71.4 Å². The van der Waals surface area contributed by atoms with Crippen LogP contribution in [0.5, 0.6) is 0 Å².